The van der Waals surface area contributed by atoms with Crippen molar-refractivity contribution in [2.75, 3.05) is 10.1 Å². The molecule has 0 aliphatic rings. The summed E-state index contributed by atoms with van der Waals surface area (Å²) in [6.07, 6.45) is 3.33. The van der Waals surface area contributed by atoms with Crippen LogP contribution in [0.5, 0.6) is 0 Å². The molecule has 0 aliphatic carbocycles. The summed E-state index contributed by atoms with van der Waals surface area (Å²) in [7, 11) is 0. The number of aryl methyl sites for hydroxylation is 2. The van der Waals surface area contributed by atoms with Crippen molar-refractivity contribution in [1.82, 2.24) is 0 Å². The number of benzene rings is 3. The molecule has 0 aliphatic heterocycles. The highest BCUT2D eigenvalue weighted by molar-refractivity contribution is 5.70. The minimum atomic E-state index is 0.492. The molecule has 4 heteroatoms. The molecule has 0 atom stereocenters. The monoisotopic (exact) mass is 360 g/mol. The zero-order valence-corrected chi connectivity index (χ0v) is 15.8. The third-order valence-electron chi connectivity index (χ3n) is 4.58. The Labute approximate surface area is 160 Å². The van der Waals surface area contributed by atoms with Crippen LogP contribution in [0.4, 0.5) is 22.7 Å². The molecule has 0 aromatic heterocycles. The Hall–Kier alpha value is -2.82. The zero-order valence-electron chi connectivity index (χ0n) is 15.8. The van der Waals surface area contributed by atoms with Crippen molar-refractivity contribution in [2.45, 2.75) is 33.1 Å². The van der Waals surface area contributed by atoms with Crippen molar-refractivity contribution in [1.29, 1.82) is 0 Å². The lowest BCUT2D eigenvalue weighted by Gasteiger charge is -2.33. The molecule has 0 spiro atoms. The molecule has 3 aromatic rings. The molecule has 140 valence electrons. The highest BCUT2D eigenvalue weighted by Gasteiger charge is 2.03. The van der Waals surface area contributed by atoms with Crippen molar-refractivity contribution >= 4 is 22.7 Å². The number of hydrogen-bond acceptors (Lipinski definition) is 4. The fourth-order valence-corrected chi connectivity index (χ4v) is 2.88. The molecule has 0 heterocycles. The maximum atomic E-state index is 12.6. The molecule has 0 radical (unpaired) electrons. The Morgan fingerprint density at radius 3 is 1.41 bits per heavy atom. The second kappa shape index (κ2) is 8.71. The number of anilines is 4. The molecule has 27 heavy (non-hydrogen) atoms. The minimum Gasteiger partial charge on any atom is -0.754 e. The summed E-state index contributed by atoms with van der Waals surface area (Å²) < 4.78 is 0. The van der Waals surface area contributed by atoms with E-state index in [4.69, 9.17) is 0 Å². The Kier molecular flexibility index (Phi) is 6.12. The topological polar surface area (TPSA) is 52.6 Å². The fraction of sp³-hybridized carbons (Fsp3) is 0.217. The molecule has 0 unspecified atom stereocenters. The predicted molar refractivity (Wildman–Crippen MR) is 114 cm³/mol. The van der Waals surface area contributed by atoms with E-state index >= 15 is 0 Å². The van der Waals surface area contributed by atoms with Crippen molar-refractivity contribution in [3.05, 3.63) is 94.3 Å². The van der Waals surface area contributed by atoms with Crippen LogP contribution in [0.1, 0.15) is 30.9 Å². The lowest BCUT2D eigenvalue weighted by atomic mass is 10.1. The van der Waals surface area contributed by atoms with Crippen molar-refractivity contribution in [2.24, 2.45) is 0 Å². The lowest BCUT2D eigenvalue weighted by molar-refractivity contribution is 0.795. The molecule has 0 bridgehead atoms. The van der Waals surface area contributed by atoms with Gasteiger partial charge in [-0.25, -0.2) is 0 Å². The van der Waals surface area contributed by atoms with Crippen LogP contribution in [-0.4, -0.2) is 0 Å². The van der Waals surface area contributed by atoms with Crippen molar-refractivity contribution in [3.63, 3.8) is 0 Å². The normalized spacial score (nSPS) is 10.7. The van der Waals surface area contributed by atoms with Gasteiger partial charge in [-0.1, -0.05) is 43.2 Å². The standard InChI is InChI=1S/C23H24N2O2/c1-3-4-5-19-8-12-21(13-9-19)25(27)23-16-14-22(15-17-23)24(26)20-10-6-18(2)7-11-20/h6-17H,3-5H2,1-2H3/q-2. The van der Waals surface area contributed by atoms with Crippen LogP contribution in [-0.2, 0) is 6.42 Å². The molecule has 0 saturated heterocycles. The molecule has 3 rings (SSSR count). The molecule has 0 fully saturated rings. The van der Waals surface area contributed by atoms with E-state index in [1.54, 1.807) is 36.4 Å². The summed E-state index contributed by atoms with van der Waals surface area (Å²) in [6, 6.07) is 21.8. The summed E-state index contributed by atoms with van der Waals surface area (Å²) in [6.45, 7) is 4.15. The smallest absolute Gasteiger partial charge is 0.0305 e. The summed E-state index contributed by atoms with van der Waals surface area (Å²) in [5.74, 6) is 0. The minimum absolute atomic E-state index is 0.492. The summed E-state index contributed by atoms with van der Waals surface area (Å²) >= 11 is 0. The summed E-state index contributed by atoms with van der Waals surface area (Å²) in [5.41, 5.74) is 4.48. The fourth-order valence-electron chi connectivity index (χ4n) is 2.88. The van der Waals surface area contributed by atoms with Crippen LogP contribution < -0.4 is 10.1 Å². The van der Waals surface area contributed by atoms with Gasteiger partial charge in [0.2, 0.25) is 0 Å². The van der Waals surface area contributed by atoms with Gasteiger partial charge in [0.05, 0.1) is 0 Å². The summed E-state index contributed by atoms with van der Waals surface area (Å²) in [5, 5.41) is 26.8. The SMILES string of the molecule is CCCCc1ccc(N([O-])c2ccc(N([O-])c3ccc(C)cc3)cc2)cc1. The van der Waals surface area contributed by atoms with Gasteiger partial charge in [-0.15, -0.1) is 0 Å². The largest absolute Gasteiger partial charge is 0.754 e. The van der Waals surface area contributed by atoms with Gasteiger partial charge in [0.25, 0.3) is 0 Å². The Bertz CT molecular complexity index is 843. The van der Waals surface area contributed by atoms with Crippen molar-refractivity contribution in [3.8, 4) is 0 Å². The van der Waals surface area contributed by atoms with Crippen LogP contribution in [0.3, 0.4) is 0 Å². The van der Waals surface area contributed by atoms with E-state index in [1.165, 1.54) is 5.56 Å². The van der Waals surface area contributed by atoms with E-state index in [0.717, 1.165) is 35.0 Å². The Morgan fingerprint density at radius 2 is 1.00 bits per heavy atom. The van der Waals surface area contributed by atoms with E-state index in [0.29, 0.717) is 22.7 Å². The van der Waals surface area contributed by atoms with Crippen molar-refractivity contribution < 1.29 is 0 Å². The van der Waals surface area contributed by atoms with E-state index in [2.05, 4.69) is 6.92 Å². The van der Waals surface area contributed by atoms with Gasteiger partial charge >= 0.3 is 0 Å². The number of rotatable bonds is 7. The van der Waals surface area contributed by atoms with Crippen LogP contribution in [0.15, 0.2) is 72.8 Å². The first-order valence-electron chi connectivity index (χ1n) is 9.28. The molecule has 4 nitrogen and oxygen atoms in total. The first kappa shape index (κ1) is 19.0. The van der Waals surface area contributed by atoms with Gasteiger partial charge in [-0.2, -0.15) is 0 Å². The molecule has 3 aromatic carbocycles. The van der Waals surface area contributed by atoms with Gasteiger partial charge in [0.1, 0.15) is 0 Å². The van der Waals surface area contributed by atoms with Gasteiger partial charge < -0.3 is 20.5 Å². The predicted octanol–water partition coefficient (Wildman–Crippen LogP) is 6.61. The summed E-state index contributed by atoms with van der Waals surface area (Å²) in [4.78, 5) is 0. The molecular formula is C23H24N2O2-2. The highest BCUT2D eigenvalue weighted by atomic mass is 16.5. The lowest BCUT2D eigenvalue weighted by Crippen LogP contribution is -2.09. The van der Waals surface area contributed by atoms with Gasteiger partial charge in [-0.3, -0.25) is 0 Å². The third-order valence-corrected chi connectivity index (χ3v) is 4.58. The van der Waals surface area contributed by atoms with Crippen LogP contribution in [0.25, 0.3) is 0 Å². The average Bonchev–Trinajstić information content (AvgIpc) is 2.72. The first-order valence-corrected chi connectivity index (χ1v) is 9.28. The quantitative estimate of drug-likeness (QED) is 0.445. The van der Waals surface area contributed by atoms with E-state index in [-0.39, 0.29) is 0 Å². The molecule has 0 amide bonds. The van der Waals surface area contributed by atoms with E-state index < -0.39 is 0 Å². The first-order chi connectivity index (χ1) is 13.1. The van der Waals surface area contributed by atoms with Gasteiger partial charge in [0.15, 0.2) is 0 Å². The highest BCUT2D eigenvalue weighted by Crippen LogP contribution is 2.29. The Balaban J connectivity index is 1.71. The molecular weight excluding hydrogens is 336 g/mol. The number of nitrogens with zero attached hydrogens (tertiary/aromatic N) is 2. The maximum Gasteiger partial charge on any atom is 0.0305 e. The average molecular weight is 360 g/mol. The second-order valence-corrected chi connectivity index (χ2v) is 6.71. The van der Waals surface area contributed by atoms with Gasteiger partial charge in [0, 0.05) is 22.7 Å². The maximum absolute atomic E-state index is 12.6. The Morgan fingerprint density at radius 1 is 0.630 bits per heavy atom. The zero-order chi connectivity index (χ0) is 19.2. The van der Waals surface area contributed by atoms with Crippen LogP contribution in [0.2, 0.25) is 0 Å². The number of hydrogen-bond donors (Lipinski definition) is 0. The van der Waals surface area contributed by atoms with Crippen LogP contribution >= 0.6 is 0 Å². The van der Waals surface area contributed by atoms with Gasteiger partial charge in [-0.05, 0) is 73.9 Å². The third kappa shape index (κ3) is 4.67. The van der Waals surface area contributed by atoms with E-state index in [1.807, 2.05) is 43.3 Å². The van der Waals surface area contributed by atoms with E-state index in [9.17, 15) is 10.4 Å². The number of unbranched alkanes of at least 4 members (excludes halogenated alkanes) is 1. The molecule has 0 N–H and O–H groups in total. The molecule has 0 saturated carbocycles. The second-order valence-electron chi connectivity index (χ2n) is 6.71. The van der Waals surface area contributed by atoms with Crippen LogP contribution in [0, 0.1) is 17.3 Å².